The lowest BCUT2D eigenvalue weighted by molar-refractivity contribution is -0.116. The van der Waals surface area contributed by atoms with Crippen molar-refractivity contribution >= 4 is 11.6 Å². The second-order valence-electron chi connectivity index (χ2n) is 5.62. The maximum Gasteiger partial charge on any atom is 0.225 e. The molecule has 0 aliphatic carbocycles. The summed E-state index contributed by atoms with van der Waals surface area (Å²) in [7, 11) is 3.22. The zero-order valence-electron chi connectivity index (χ0n) is 15.5. The van der Waals surface area contributed by atoms with Crippen LogP contribution in [0.4, 0.5) is 5.69 Å². The van der Waals surface area contributed by atoms with Gasteiger partial charge in [0.2, 0.25) is 5.91 Å². The zero-order valence-corrected chi connectivity index (χ0v) is 15.5. The monoisotopic (exact) mass is 358 g/mol. The fraction of sp³-hybridized carbons (Fsp3) is 0.350. The van der Waals surface area contributed by atoms with Gasteiger partial charge in [-0.05, 0) is 48.9 Å². The molecule has 140 valence electrons. The predicted molar refractivity (Wildman–Crippen MR) is 102 cm³/mol. The van der Waals surface area contributed by atoms with Gasteiger partial charge in [-0.1, -0.05) is 6.07 Å². The largest absolute Gasteiger partial charge is 0.494 e. The molecular weight excluding hydrogens is 332 g/mol. The highest BCUT2D eigenvalue weighted by Crippen LogP contribution is 2.27. The summed E-state index contributed by atoms with van der Waals surface area (Å²) in [5, 5.41) is 6.13. The SMILES string of the molecule is CCOc1ccc(NC(=O)CCNCc2ccc(OC)c(OC)c2)cc1. The van der Waals surface area contributed by atoms with Gasteiger partial charge in [0.25, 0.3) is 0 Å². The van der Waals surface area contributed by atoms with Crippen LogP contribution in [0.25, 0.3) is 0 Å². The topological polar surface area (TPSA) is 68.8 Å². The number of carbonyl (C=O) groups excluding carboxylic acids is 1. The van der Waals surface area contributed by atoms with Crippen molar-refractivity contribution < 1.29 is 19.0 Å². The Kier molecular flexibility index (Phi) is 7.76. The molecule has 0 heterocycles. The highest BCUT2D eigenvalue weighted by atomic mass is 16.5. The van der Waals surface area contributed by atoms with Crippen molar-refractivity contribution in [1.82, 2.24) is 5.32 Å². The molecule has 0 aromatic heterocycles. The lowest BCUT2D eigenvalue weighted by atomic mass is 10.2. The Balaban J connectivity index is 1.73. The summed E-state index contributed by atoms with van der Waals surface area (Å²) in [6.45, 7) is 3.79. The van der Waals surface area contributed by atoms with Crippen LogP contribution in [-0.4, -0.2) is 33.3 Å². The van der Waals surface area contributed by atoms with Crippen LogP contribution < -0.4 is 24.8 Å². The summed E-state index contributed by atoms with van der Waals surface area (Å²) < 4.78 is 15.9. The first kappa shape index (κ1) is 19.6. The Morgan fingerprint density at radius 1 is 1.00 bits per heavy atom. The first-order valence-corrected chi connectivity index (χ1v) is 8.60. The third-order valence-corrected chi connectivity index (χ3v) is 3.75. The summed E-state index contributed by atoms with van der Waals surface area (Å²) in [4.78, 5) is 12.0. The molecule has 0 spiro atoms. The van der Waals surface area contributed by atoms with E-state index in [0.717, 1.165) is 17.0 Å². The molecule has 0 aliphatic rings. The van der Waals surface area contributed by atoms with E-state index >= 15 is 0 Å². The number of benzene rings is 2. The van der Waals surface area contributed by atoms with Gasteiger partial charge in [0.15, 0.2) is 11.5 Å². The summed E-state index contributed by atoms with van der Waals surface area (Å²) in [6.07, 6.45) is 0.389. The average molecular weight is 358 g/mol. The van der Waals surface area contributed by atoms with Gasteiger partial charge < -0.3 is 24.8 Å². The van der Waals surface area contributed by atoms with Crippen LogP contribution in [0.3, 0.4) is 0 Å². The van der Waals surface area contributed by atoms with Gasteiger partial charge in [-0.25, -0.2) is 0 Å². The standard InChI is InChI=1S/C20H26N2O4/c1-4-26-17-8-6-16(7-9-17)22-20(23)11-12-21-14-15-5-10-18(24-2)19(13-15)25-3/h5-10,13,21H,4,11-12,14H2,1-3H3,(H,22,23). The van der Waals surface area contributed by atoms with Crippen molar-refractivity contribution in [1.29, 1.82) is 0 Å². The zero-order chi connectivity index (χ0) is 18.8. The number of hydrogen-bond donors (Lipinski definition) is 2. The van der Waals surface area contributed by atoms with E-state index in [1.54, 1.807) is 14.2 Å². The van der Waals surface area contributed by atoms with E-state index in [9.17, 15) is 4.79 Å². The van der Waals surface area contributed by atoms with Crippen molar-refractivity contribution in [2.75, 3.05) is 32.7 Å². The Morgan fingerprint density at radius 3 is 2.38 bits per heavy atom. The van der Waals surface area contributed by atoms with Gasteiger partial charge >= 0.3 is 0 Å². The van der Waals surface area contributed by atoms with E-state index in [1.807, 2.05) is 49.4 Å². The molecule has 26 heavy (non-hydrogen) atoms. The van der Waals surface area contributed by atoms with Crippen LogP contribution in [0.2, 0.25) is 0 Å². The smallest absolute Gasteiger partial charge is 0.225 e. The lowest BCUT2D eigenvalue weighted by Gasteiger charge is -2.10. The first-order chi connectivity index (χ1) is 12.7. The number of rotatable bonds is 10. The summed E-state index contributed by atoms with van der Waals surface area (Å²) >= 11 is 0. The highest BCUT2D eigenvalue weighted by molar-refractivity contribution is 5.90. The van der Waals surface area contributed by atoms with Gasteiger partial charge in [0.1, 0.15) is 5.75 Å². The fourth-order valence-electron chi connectivity index (χ4n) is 2.45. The van der Waals surface area contributed by atoms with Gasteiger partial charge in [0.05, 0.1) is 20.8 Å². The second-order valence-corrected chi connectivity index (χ2v) is 5.62. The third-order valence-electron chi connectivity index (χ3n) is 3.75. The summed E-state index contributed by atoms with van der Waals surface area (Å²) in [5.41, 5.74) is 1.83. The van der Waals surface area contributed by atoms with Crippen LogP contribution in [0.5, 0.6) is 17.2 Å². The van der Waals surface area contributed by atoms with Crippen LogP contribution in [-0.2, 0) is 11.3 Å². The Hall–Kier alpha value is -2.73. The Morgan fingerprint density at radius 2 is 1.73 bits per heavy atom. The average Bonchev–Trinajstić information content (AvgIpc) is 2.66. The number of carbonyl (C=O) groups is 1. The molecule has 0 saturated carbocycles. The van der Waals surface area contributed by atoms with Gasteiger partial charge in [-0.15, -0.1) is 0 Å². The molecule has 0 unspecified atom stereocenters. The Bertz CT molecular complexity index is 701. The lowest BCUT2D eigenvalue weighted by Crippen LogP contribution is -2.21. The van der Waals surface area contributed by atoms with Crippen molar-refractivity contribution in [2.45, 2.75) is 19.9 Å². The normalized spacial score (nSPS) is 10.3. The van der Waals surface area contributed by atoms with Crippen molar-refractivity contribution in [3.63, 3.8) is 0 Å². The van der Waals surface area contributed by atoms with Crippen molar-refractivity contribution in [3.05, 3.63) is 48.0 Å². The molecule has 1 amide bonds. The number of nitrogens with one attached hydrogen (secondary N) is 2. The van der Waals surface area contributed by atoms with Gasteiger partial charge in [-0.2, -0.15) is 0 Å². The minimum atomic E-state index is -0.0334. The number of hydrogen-bond acceptors (Lipinski definition) is 5. The molecule has 2 rings (SSSR count). The van der Waals surface area contributed by atoms with Crippen LogP contribution >= 0.6 is 0 Å². The van der Waals surface area contributed by atoms with E-state index < -0.39 is 0 Å². The number of anilines is 1. The minimum Gasteiger partial charge on any atom is -0.494 e. The molecule has 0 bridgehead atoms. The van der Waals surface area contributed by atoms with Crippen molar-refractivity contribution in [3.8, 4) is 17.2 Å². The Labute approximate surface area is 154 Å². The number of ether oxygens (including phenoxy) is 3. The molecule has 2 aromatic rings. The van der Waals surface area contributed by atoms with Crippen molar-refractivity contribution in [2.24, 2.45) is 0 Å². The maximum atomic E-state index is 12.0. The highest BCUT2D eigenvalue weighted by Gasteiger charge is 2.05. The third kappa shape index (κ3) is 5.97. The number of methoxy groups -OCH3 is 2. The van der Waals surface area contributed by atoms with E-state index in [0.29, 0.717) is 37.6 Å². The summed E-state index contributed by atoms with van der Waals surface area (Å²) in [6, 6.07) is 13.1. The molecule has 0 aliphatic heterocycles. The second kappa shape index (κ2) is 10.3. The van der Waals surface area contributed by atoms with E-state index in [4.69, 9.17) is 14.2 Å². The van der Waals surface area contributed by atoms with Crippen LogP contribution in [0.1, 0.15) is 18.9 Å². The number of amides is 1. The van der Waals surface area contributed by atoms with Gasteiger partial charge in [0, 0.05) is 25.2 Å². The molecule has 0 atom stereocenters. The van der Waals surface area contributed by atoms with E-state index in [1.165, 1.54) is 0 Å². The summed E-state index contributed by atoms with van der Waals surface area (Å²) in [5.74, 6) is 2.15. The van der Waals surface area contributed by atoms with E-state index in [-0.39, 0.29) is 5.91 Å². The first-order valence-electron chi connectivity index (χ1n) is 8.60. The molecule has 6 heteroatoms. The molecule has 0 radical (unpaired) electrons. The van der Waals surface area contributed by atoms with E-state index in [2.05, 4.69) is 10.6 Å². The molecule has 2 N–H and O–H groups in total. The fourth-order valence-corrected chi connectivity index (χ4v) is 2.45. The quantitative estimate of drug-likeness (QED) is 0.638. The van der Waals surface area contributed by atoms with Crippen LogP contribution in [0, 0.1) is 0 Å². The van der Waals surface area contributed by atoms with Crippen LogP contribution in [0.15, 0.2) is 42.5 Å². The minimum absolute atomic E-state index is 0.0334. The maximum absolute atomic E-state index is 12.0. The molecule has 2 aromatic carbocycles. The van der Waals surface area contributed by atoms with Gasteiger partial charge in [-0.3, -0.25) is 4.79 Å². The molecular formula is C20H26N2O4. The molecule has 0 saturated heterocycles. The molecule has 6 nitrogen and oxygen atoms in total. The predicted octanol–water partition coefficient (Wildman–Crippen LogP) is 3.22. The molecule has 0 fully saturated rings.